The zero-order valence-corrected chi connectivity index (χ0v) is 15.1. The smallest absolute Gasteiger partial charge is 0.207 e. The van der Waals surface area contributed by atoms with Gasteiger partial charge in [-0.15, -0.1) is 0 Å². The molecule has 1 aromatic heterocycles. The van der Waals surface area contributed by atoms with Crippen molar-refractivity contribution < 1.29 is 4.74 Å². The van der Waals surface area contributed by atoms with E-state index in [1.165, 1.54) is 0 Å². The van der Waals surface area contributed by atoms with Crippen molar-refractivity contribution in [2.24, 2.45) is 0 Å². The van der Waals surface area contributed by atoms with Crippen LogP contribution in [0, 0.1) is 5.41 Å². The molecule has 4 heteroatoms. The van der Waals surface area contributed by atoms with E-state index < -0.39 is 0 Å². The maximum Gasteiger partial charge on any atom is 0.207 e. The standard InChI is InChI=1S/C23H21N3O/c1-18(25-16-17-26(23(25)24)19-10-4-2-5-11-19)21-14-8-9-15-22(21)27-20-12-6-3-7-13-20/h2-18,24H,1H3. The molecule has 1 heterocycles. The summed E-state index contributed by atoms with van der Waals surface area (Å²) in [5.74, 6) is 1.60. The van der Waals surface area contributed by atoms with Crippen LogP contribution in [0.25, 0.3) is 5.69 Å². The summed E-state index contributed by atoms with van der Waals surface area (Å²) in [7, 11) is 0. The van der Waals surface area contributed by atoms with Gasteiger partial charge in [0.2, 0.25) is 5.62 Å². The molecule has 0 aliphatic carbocycles. The number of para-hydroxylation sites is 3. The highest BCUT2D eigenvalue weighted by atomic mass is 16.5. The van der Waals surface area contributed by atoms with Crippen LogP contribution >= 0.6 is 0 Å². The van der Waals surface area contributed by atoms with Crippen molar-refractivity contribution in [1.82, 2.24) is 9.13 Å². The minimum Gasteiger partial charge on any atom is -0.457 e. The number of nitrogens with one attached hydrogen (secondary N) is 1. The summed E-state index contributed by atoms with van der Waals surface area (Å²) in [5.41, 5.74) is 2.43. The largest absolute Gasteiger partial charge is 0.457 e. The van der Waals surface area contributed by atoms with E-state index in [1.54, 1.807) is 0 Å². The van der Waals surface area contributed by atoms with Crippen LogP contribution in [0.5, 0.6) is 11.5 Å². The predicted molar refractivity (Wildman–Crippen MR) is 106 cm³/mol. The molecule has 27 heavy (non-hydrogen) atoms. The Hall–Kier alpha value is -3.53. The van der Waals surface area contributed by atoms with E-state index in [1.807, 2.05) is 100 Å². The first-order valence-corrected chi connectivity index (χ1v) is 8.95. The van der Waals surface area contributed by atoms with Crippen LogP contribution in [-0.2, 0) is 0 Å². The van der Waals surface area contributed by atoms with Gasteiger partial charge in [0.05, 0.1) is 6.04 Å². The molecule has 1 N–H and O–H groups in total. The van der Waals surface area contributed by atoms with E-state index in [4.69, 9.17) is 10.1 Å². The van der Waals surface area contributed by atoms with Crippen LogP contribution in [0.2, 0.25) is 0 Å². The summed E-state index contributed by atoms with van der Waals surface area (Å²) in [6, 6.07) is 27.6. The van der Waals surface area contributed by atoms with E-state index in [-0.39, 0.29) is 6.04 Å². The Morgan fingerprint density at radius 2 is 1.41 bits per heavy atom. The lowest BCUT2D eigenvalue weighted by Gasteiger charge is -2.18. The first kappa shape index (κ1) is 16.9. The minimum atomic E-state index is -0.0395. The predicted octanol–water partition coefficient (Wildman–Crippen LogP) is 5.16. The Kier molecular flexibility index (Phi) is 4.62. The third-order valence-corrected chi connectivity index (χ3v) is 4.64. The second-order valence-corrected chi connectivity index (χ2v) is 6.36. The second-order valence-electron chi connectivity index (χ2n) is 6.36. The molecule has 4 aromatic rings. The van der Waals surface area contributed by atoms with Crippen LogP contribution in [0.15, 0.2) is 97.3 Å². The monoisotopic (exact) mass is 355 g/mol. The Labute approximate surface area is 158 Å². The van der Waals surface area contributed by atoms with Crippen molar-refractivity contribution in [2.75, 3.05) is 0 Å². The van der Waals surface area contributed by atoms with Gasteiger partial charge in [0, 0.05) is 23.6 Å². The average Bonchev–Trinajstić information content (AvgIpc) is 3.11. The molecule has 0 amide bonds. The van der Waals surface area contributed by atoms with Gasteiger partial charge in [0.25, 0.3) is 0 Å². The molecule has 0 aliphatic heterocycles. The summed E-state index contributed by atoms with van der Waals surface area (Å²) in [4.78, 5) is 0. The number of ether oxygens (including phenoxy) is 1. The SMILES string of the molecule is CC(c1ccccc1Oc1ccccc1)n1ccn(-c2ccccc2)c1=N. The van der Waals surface area contributed by atoms with Crippen LogP contribution < -0.4 is 10.4 Å². The van der Waals surface area contributed by atoms with Crippen molar-refractivity contribution in [3.8, 4) is 17.2 Å². The van der Waals surface area contributed by atoms with Crippen molar-refractivity contribution in [3.05, 3.63) is 109 Å². The molecule has 4 nitrogen and oxygen atoms in total. The first-order valence-electron chi connectivity index (χ1n) is 8.95. The van der Waals surface area contributed by atoms with E-state index in [9.17, 15) is 0 Å². The zero-order chi connectivity index (χ0) is 18.6. The van der Waals surface area contributed by atoms with E-state index in [0.717, 1.165) is 22.7 Å². The lowest BCUT2D eigenvalue weighted by atomic mass is 10.1. The minimum absolute atomic E-state index is 0.0395. The highest BCUT2D eigenvalue weighted by Gasteiger charge is 2.16. The average molecular weight is 355 g/mol. The molecule has 0 bridgehead atoms. The number of hydrogen-bond donors (Lipinski definition) is 1. The summed E-state index contributed by atoms with van der Waals surface area (Å²) in [5, 5.41) is 8.62. The van der Waals surface area contributed by atoms with Gasteiger partial charge in [-0.25, -0.2) is 0 Å². The van der Waals surface area contributed by atoms with Gasteiger partial charge in [-0.2, -0.15) is 0 Å². The first-order chi connectivity index (χ1) is 13.2. The normalized spacial score (nSPS) is 11.9. The fraction of sp³-hybridized carbons (Fsp3) is 0.0870. The van der Waals surface area contributed by atoms with Crippen LogP contribution in [0.1, 0.15) is 18.5 Å². The van der Waals surface area contributed by atoms with E-state index >= 15 is 0 Å². The lowest BCUT2D eigenvalue weighted by molar-refractivity contribution is 0.462. The summed E-state index contributed by atoms with van der Waals surface area (Å²) in [6.45, 7) is 2.08. The molecule has 0 saturated heterocycles. The van der Waals surface area contributed by atoms with Crippen LogP contribution in [-0.4, -0.2) is 9.13 Å². The van der Waals surface area contributed by atoms with Gasteiger partial charge in [-0.05, 0) is 37.3 Å². The Morgan fingerprint density at radius 1 is 0.778 bits per heavy atom. The summed E-state index contributed by atoms with van der Waals surface area (Å²) >= 11 is 0. The number of nitrogens with zero attached hydrogens (tertiary/aromatic N) is 2. The molecule has 3 aromatic carbocycles. The Morgan fingerprint density at radius 3 is 2.15 bits per heavy atom. The fourth-order valence-electron chi connectivity index (χ4n) is 3.20. The maximum atomic E-state index is 8.62. The van der Waals surface area contributed by atoms with Gasteiger partial charge in [-0.3, -0.25) is 9.98 Å². The molecule has 0 radical (unpaired) electrons. The third-order valence-electron chi connectivity index (χ3n) is 4.64. The maximum absolute atomic E-state index is 8.62. The van der Waals surface area contributed by atoms with Gasteiger partial charge in [0.15, 0.2) is 0 Å². The molecule has 1 unspecified atom stereocenters. The number of rotatable bonds is 5. The van der Waals surface area contributed by atoms with Gasteiger partial charge < -0.3 is 9.30 Å². The molecular weight excluding hydrogens is 334 g/mol. The number of benzene rings is 3. The van der Waals surface area contributed by atoms with Crippen LogP contribution in [0.3, 0.4) is 0 Å². The topological polar surface area (TPSA) is 42.9 Å². The highest BCUT2D eigenvalue weighted by molar-refractivity contribution is 5.40. The summed E-state index contributed by atoms with van der Waals surface area (Å²) in [6.07, 6.45) is 3.87. The van der Waals surface area contributed by atoms with Crippen molar-refractivity contribution in [1.29, 1.82) is 5.41 Å². The Bertz CT molecular complexity index is 1080. The lowest BCUT2D eigenvalue weighted by Crippen LogP contribution is -2.26. The van der Waals surface area contributed by atoms with E-state index in [0.29, 0.717) is 5.62 Å². The van der Waals surface area contributed by atoms with Gasteiger partial charge >= 0.3 is 0 Å². The van der Waals surface area contributed by atoms with Gasteiger partial charge in [-0.1, -0.05) is 54.6 Å². The highest BCUT2D eigenvalue weighted by Crippen LogP contribution is 2.30. The second kappa shape index (κ2) is 7.38. The van der Waals surface area contributed by atoms with Crippen LogP contribution in [0.4, 0.5) is 0 Å². The van der Waals surface area contributed by atoms with Crippen molar-refractivity contribution >= 4 is 0 Å². The molecule has 134 valence electrons. The van der Waals surface area contributed by atoms with Gasteiger partial charge in [0.1, 0.15) is 11.5 Å². The Balaban J connectivity index is 1.69. The third kappa shape index (κ3) is 3.42. The molecule has 0 spiro atoms. The molecule has 1 atom stereocenters. The number of hydrogen-bond acceptors (Lipinski definition) is 2. The quantitative estimate of drug-likeness (QED) is 0.528. The molecule has 0 fully saturated rings. The van der Waals surface area contributed by atoms with Crippen molar-refractivity contribution in [2.45, 2.75) is 13.0 Å². The van der Waals surface area contributed by atoms with Crippen molar-refractivity contribution in [3.63, 3.8) is 0 Å². The molecule has 0 aliphatic rings. The fourth-order valence-corrected chi connectivity index (χ4v) is 3.20. The number of aromatic nitrogens is 2. The number of imidazole rings is 1. The summed E-state index contributed by atoms with van der Waals surface area (Å²) < 4.78 is 9.92. The molecule has 0 saturated carbocycles. The van der Waals surface area contributed by atoms with E-state index in [2.05, 4.69) is 13.0 Å². The molecular formula is C23H21N3O. The zero-order valence-electron chi connectivity index (χ0n) is 15.1. The molecule has 4 rings (SSSR count).